The lowest BCUT2D eigenvalue weighted by molar-refractivity contribution is -0.258. The van der Waals surface area contributed by atoms with Crippen LogP contribution in [0.2, 0.25) is 5.02 Å². The Morgan fingerprint density at radius 3 is 2.53 bits per heavy atom. The van der Waals surface area contributed by atoms with Gasteiger partial charge in [-0.05, 0) is 89.0 Å². The monoisotopic (exact) mass is 820 g/mol. The number of aromatic nitrogens is 1. The average Bonchev–Trinajstić information content (AvgIpc) is 3.72. The summed E-state index contributed by atoms with van der Waals surface area (Å²) in [7, 11) is 0. The number of H-pyrrole nitrogens is 1. The van der Waals surface area contributed by atoms with E-state index in [1.807, 2.05) is 26.8 Å². The van der Waals surface area contributed by atoms with Crippen molar-refractivity contribution in [3.05, 3.63) is 81.9 Å². The van der Waals surface area contributed by atoms with E-state index < -0.39 is 76.6 Å². The third kappa shape index (κ3) is 6.81. The molecular formula is C45H57ClN2O10. The number of amides is 1. The molecule has 1 spiro atoms. The number of ketones is 1. The molecule has 1 aromatic rings. The SMILES string of the molecule is CC[C@@H]1C[C@]23OC(=O)C(=C(O)[C@@]4(CC)[C@@H]5CC[C@H](C)[C@H](O[C@H]6C[C@@H](O)[C@H](NC(=O)c7[nH]ccc7Cl)[C@@H](C)O6)[C@H]5C=C[C@H]4CC=CCC(C)=C[C@]2(C)C=C1C(=O)O)C3=O. The third-order valence-corrected chi connectivity index (χ3v) is 14.7. The number of hydrogen-bond donors (Lipinski definition) is 5. The van der Waals surface area contributed by atoms with Gasteiger partial charge in [0.1, 0.15) is 17.0 Å². The number of aliphatic hydroxyl groups excluding tert-OH is 2. The second-order valence-corrected chi connectivity index (χ2v) is 18.1. The quantitative estimate of drug-likeness (QED) is 0.106. The second kappa shape index (κ2) is 15.9. The Hall–Kier alpha value is -3.97. The number of carboxylic acids is 1. The van der Waals surface area contributed by atoms with E-state index in [1.54, 1.807) is 32.2 Å². The zero-order chi connectivity index (χ0) is 41.9. The number of hydrogen-bond acceptors (Lipinski definition) is 9. The molecule has 7 rings (SSSR count). The molecule has 0 aromatic carbocycles. The molecule has 6 aliphatic rings. The summed E-state index contributed by atoms with van der Waals surface area (Å²) in [5.41, 5.74) is -3.16. The minimum absolute atomic E-state index is 0.0169. The zero-order valence-electron chi connectivity index (χ0n) is 34.1. The van der Waals surface area contributed by atoms with Crippen molar-refractivity contribution in [2.24, 2.45) is 40.4 Å². The van der Waals surface area contributed by atoms with E-state index in [-0.39, 0.29) is 64.1 Å². The largest absolute Gasteiger partial charge is 0.511 e. The smallest absolute Gasteiger partial charge is 0.346 e. The average molecular weight is 821 g/mol. The van der Waals surface area contributed by atoms with Crippen molar-refractivity contribution in [3.8, 4) is 0 Å². The minimum Gasteiger partial charge on any atom is -0.511 e. The first-order chi connectivity index (χ1) is 27.5. The Labute approximate surface area is 344 Å². The van der Waals surface area contributed by atoms with Crippen LogP contribution in [0.1, 0.15) is 103 Å². The maximum Gasteiger partial charge on any atom is 0.346 e. The number of rotatable bonds is 7. The van der Waals surface area contributed by atoms with Crippen LogP contribution in [0.4, 0.5) is 0 Å². The molecule has 12 nitrogen and oxygen atoms in total. The summed E-state index contributed by atoms with van der Waals surface area (Å²) in [5.74, 6) is -4.56. The number of Topliss-reactive ketones (excluding diaryl/α,β-unsaturated/α-hetero) is 1. The van der Waals surface area contributed by atoms with Crippen LogP contribution in [0, 0.1) is 40.4 Å². The Kier molecular flexibility index (Phi) is 11.6. The summed E-state index contributed by atoms with van der Waals surface area (Å²) in [6.07, 6.45) is 14.1. The lowest BCUT2D eigenvalue weighted by Gasteiger charge is -2.55. The molecule has 314 valence electrons. The highest BCUT2D eigenvalue weighted by atomic mass is 35.5. The van der Waals surface area contributed by atoms with Gasteiger partial charge in [0.25, 0.3) is 5.91 Å². The molecule has 1 aromatic heterocycles. The van der Waals surface area contributed by atoms with E-state index in [0.717, 1.165) is 12.0 Å². The van der Waals surface area contributed by atoms with E-state index in [9.17, 15) is 29.7 Å². The fourth-order valence-corrected chi connectivity index (χ4v) is 11.5. The summed E-state index contributed by atoms with van der Waals surface area (Å²) >= 11 is 6.15. The molecule has 13 heteroatoms. The van der Waals surface area contributed by atoms with Gasteiger partial charge in [0.15, 0.2) is 11.9 Å². The molecule has 0 radical (unpaired) electrons. The van der Waals surface area contributed by atoms with Gasteiger partial charge in [-0.25, -0.2) is 9.59 Å². The minimum atomic E-state index is -1.74. The number of allylic oxidation sites excluding steroid dienone is 5. The van der Waals surface area contributed by atoms with Crippen LogP contribution in [-0.2, 0) is 28.6 Å². The Bertz CT molecular complexity index is 1990. The van der Waals surface area contributed by atoms with Gasteiger partial charge in [-0.2, -0.15) is 0 Å². The number of carbonyl (C=O) groups is 4. The van der Waals surface area contributed by atoms with Crippen LogP contribution in [0.15, 0.2) is 71.2 Å². The lowest BCUT2D eigenvalue weighted by atomic mass is 9.51. The van der Waals surface area contributed by atoms with E-state index in [1.165, 1.54) is 0 Å². The zero-order valence-corrected chi connectivity index (χ0v) is 34.9. The molecule has 1 saturated carbocycles. The summed E-state index contributed by atoms with van der Waals surface area (Å²) in [4.78, 5) is 57.7. The van der Waals surface area contributed by atoms with Gasteiger partial charge in [-0.3, -0.25) is 9.59 Å². The highest BCUT2D eigenvalue weighted by Crippen LogP contribution is 2.61. The molecule has 3 fully saturated rings. The number of carboxylic acid groups (broad SMARTS) is 1. The van der Waals surface area contributed by atoms with E-state index in [0.29, 0.717) is 32.1 Å². The second-order valence-electron chi connectivity index (χ2n) is 17.7. The highest BCUT2D eigenvalue weighted by molar-refractivity contribution is 6.33. The Morgan fingerprint density at radius 2 is 1.88 bits per heavy atom. The van der Waals surface area contributed by atoms with Crippen LogP contribution in [0.3, 0.4) is 0 Å². The first kappa shape index (κ1) is 42.2. The summed E-state index contributed by atoms with van der Waals surface area (Å²) < 4.78 is 19.4. The Morgan fingerprint density at radius 1 is 1.12 bits per heavy atom. The van der Waals surface area contributed by atoms with E-state index in [4.69, 9.17) is 25.8 Å². The molecule has 3 heterocycles. The topological polar surface area (TPSA) is 184 Å². The van der Waals surface area contributed by atoms with Crippen molar-refractivity contribution in [1.29, 1.82) is 0 Å². The number of aromatic amines is 1. The predicted octanol–water partition coefficient (Wildman–Crippen LogP) is 7.31. The van der Waals surface area contributed by atoms with E-state index in [2.05, 4.69) is 41.5 Å². The predicted molar refractivity (Wildman–Crippen MR) is 215 cm³/mol. The first-order valence-electron chi connectivity index (χ1n) is 20.8. The number of nitrogens with one attached hydrogen (secondary N) is 2. The molecule has 4 aliphatic carbocycles. The molecule has 5 N–H and O–H groups in total. The number of fused-ring (bicyclic) bond motifs is 4. The van der Waals surface area contributed by atoms with E-state index >= 15 is 4.79 Å². The molecule has 58 heavy (non-hydrogen) atoms. The van der Waals surface area contributed by atoms with Crippen molar-refractivity contribution in [3.63, 3.8) is 0 Å². The van der Waals surface area contributed by atoms with Gasteiger partial charge in [-0.1, -0.05) is 74.4 Å². The number of esters is 1. The molecule has 2 bridgehead atoms. The number of ether oxygens (including phenoxy) is 3. The lowest BCUT2D eigenvalue weighted by Crippen LogP contribution is -2.58. The van der Waals surface area contributed by atoms with Crippen LogP contribution >= 0.6 is 11.6 Å². The molecule has 0 unspecified atom stereocenters. The summed E-state index contributed by atoms with van der Waals surface area (Å²) in [6, 6.07) is 0.863. The van der Waals surface area contributed by atoms with Crippen LogP contribution in [0.5, 0.6) is 0 Å². The van der Waals surface area contributed by atoms with Crippen LogP contribution < -0.4 is 5.32 Å². The fourth-order valence-electron chi connectivity index (χ4n) is 11.3. The van der Waals surface area contributed by atoms with Crippen molar-refractivity contribution in [2.75, 3.05) is 0 Å². The Balaban J connectivity index is 1.24. The van der Waals surface area contributed by atoms with Gasteiger partial charge in [-0.15, -0.1) is 0 Å². The van der Waals surface area contributed by atoms with Crippen molar-refractivity contribution in [2.45, 2.75) is 129 Å². The van der Waals surface area contributed by atoms with Gasteiger partial charge < -0.3 is 39.8 Å². The first-order valence-corrected chi connectivity index (χ1v) is 21.2. The number of carbonyl (C=O) groups excluding carboxylic acids is 3. The maximum atomic E-state index is 15.1. The molecular weight excluding hydrogens is 764 g/mol. The van der Waals surface area contributed by atoms with Gasteiger partial charge >= 0.3 is 11.9 Å². The highest BCUT2D eigenvalue weighted by Gasteiger charge is 2.67. The number of aliphatic hydroxyl groups is 2. The fraction of sp³-hybridized carbons (Fsp3) is 0.600. The number of aliphatic carboxylic acids is 1. The van der Waals surface area contributed by atoms with Crippen molar-refractivity contribution >= 4 is 35.2 Å². The molecule has 2 aliphatic heterocycles. The van der Waals surface area contributed by atoms with Gasteiger partial charge in [0.05, 0.1) is 34.8 Å². The molecule has 2 saturated heterocycles. The molecule has 13 atom stereocenters. The summed E-state index contributed by atoms with van der Waals surface area (Å²) in [5, 5.41) is 37.5. The van der Waals surface area contributed by atoms with Crippen LogP contribution in [0.25, 0.3) is 0 Å². The van der Waals surface area contributed by atoms with Crippen LogP contribution in [-0.4, -0.2) is 80.2 Å². The van der Waals surface area contributed by atoms with Gasteiger partial charge in [0.2, 0.25) is 5.78 Å². The summed E-state index contributed by atoms with van der Waals surface area (Å²) in [6.45, 7) is 11.4. The third-order valence-electron chi connectivity index (χ3n) is 14.4. The number of halogens is 1. The normalized spacial score (nSPS) is 40.1. The van der Waals surface area contributed by atoms with Crippen molar-refractivity contribution < 1.29 is 48.7 Å². The standard InChI is InChI=1S/C45H57ClN2O10/c1-7-26-21-45-39(51)34(42(55)58-45)38(50)44(8-2)27(12-10-9-11-23(3)20-43(45,6)22-29(26)41(53)54)14-15-28-30(44)16-13-24(4)37(28)57-33-19-32(49)35(25(5)56-33)48-40(52)36-31(46)17-18-47-36/h9-10,14-15,17-18,20,22,24-28,30,32-33,35,37,47,49-50H,7-8,11-13,16,19,21H2,1-6H3,(H,48,52)(H,53,54)/t24-,25+,26+,27+,28-,30+,32+,33-,35+,37-,43+,44+,45+/m0/s1. The molecule has 1 amide bonds. The maximum absolute atomic E-state index is 15.1. The van der Waals surface area contributed by atoms with Crippen molar-refractivity contribution in [1.82, 2.24) is 10.3 Å². The van der Waals surface area contributed by atoms with Gasteiger partial charge in [0, 0.05) is 35.9 Å².